The van der Waals surface area contributed by atoms with Crippen molar-refractivity contribution in [3.8, 4) is 0 Å². The van der Waals surface area contributed by atoms with Gasteiger partial charge in [-0.25, -0.2) is 5.32 Å². The fourth-order valence-electron chi connectivity index (χ4n) is 4.30. The van der Waals surface area contributed by atoms with Crippen molar-refractivity contribution in [3.05, 3.63) is 47.5 Å². The van der Waals surface area contributed by atoms with Crippen LogP contribution in [0.4, 0.5) is 11.4 Å². The van der Waals surface area contributed by atoms with Gasteiger partial charge in [0.1, 0.15) is 0 Å². The molecule has 0 atom stereocenters. The van der Waals surface area contributed by atoms with Gasteiger partial charge in [0.05, 0.1) is 11.4 Å². The van der Waals surface area contributed by atoms with Crippen molar-refractivity contribution < 1.29 is 0 Å². The van der Waals surface area contributed by atoms with Crippen molar-refractivity contribution in [2.45, 2.75) is 91.9 Å². The summed E-state index contributed by atoms with van der Waals surface area (Å²) in [5.74, 6) is 0. The van der Waals surface area contributed by atoms with Crippen LogP contribution in [-0.4, -0.2) is 22.6 Å². The van der Waals surface area contributed by atoms with Crippen LogP contribution < -0.4 is 15.9 Å². The second kappa shape index (κ2) is 10.4. The second-order valence-corrected chi connectivity index (χ2v) is 16.0. The molecular weight excluding hydrogens is 388 g/mol. The minimum Gasteiger partial charge on any atom is -0.248 e. The van der Waals surface area contributed by atoms with Crippen LogP contribution in [0.2, 0.25) is 0 Å². The summed E-state index contributed by atoms with van der Waals surface area (Å²) in [6.45, 7) is 23.3. The molecule has 0 amide bonds. The number of hydrogen-bond donors (Lipinski definition) is 0. The number of benzene rings is 2. The van der Waals surface area contributed by atoms with Crippen molar-refractivity contribution in [2.75, 3.05) is 0 Å². The van der Waals surface area contributed by atoms with E-state index in [-0.39, 0.29) is 15.8 Å². The zero-order valence-electron chi connectivity index (χ0n) is 20.1. The molecule has 2 aromatic rings. The third-order valence-electron chi connectivity index (χ3n) is 5.28. The standard InChI is InChI=1S/C26H40NP2/c1-17(2)28(18(3)4)25-15-21(9)11-13-23(25)27-24-14-12-22(10)16-26(24)29(19(5)6)20(7)8/h11-20H,1-10H3. The van der Waals surface area contributed by atoms with Gasteiger partial charge in [-0.15, -0.1) is 0 Å². The van der Waals surface area contributed by atoms with Gasteiger partial charge in [-0.2, -0.15) is 0 Å². The Kier molecular flexibility index (Phi) is 8.75. The van der Waals surface area contributed by atoms with Crippen LogP contribution in [0.25, 0.3) is 0 Å². The summed E-state index contributed by atoms with van der Waals surface area (Å²) >= 11 is 0. The van der Waals surface area contributed by atoms with Gasteiger partial charge < -0.3 is 0 Å². The molecule has 0 fully saturated rings. The monoisotopic (exact) mass is 428 g/mol. The predicted octanol–water partition coefficient (Wildman–Crippen LogP) is 7.72. The number of aryl methyl sites for hydroxylation is 2. The van der Waals surface area contributed by atoms with E-state index in [1.807, 2.05) is 0 Å². The molecule has 0 aliphatic carbocycles. The van der Waals surface area contributed by atoms with Crippen molar-refractivity contribution in [2.24, 2.45) is 0 Å². The third-order valence-corrected chi connectivity index (χ3v) is 11.6. The number of rotatable bonds is 8. The first-order valence-corrected chi connectivity index (χ1v) is 14.0. The summed E-state index contributed by atoms with van der Waals surface area (Å²) in [6.07, 6.45) is 0. The van der Waals surface area contributed by atoms with Gasteiger partial charge >= 0.3 is 0 Å². The lowest BCUT2D eigenvalue weighted by atomic mass is 10.2. The van der Waals surface area contributed by atoms with E-state index >= 15 is 0 Å². The summed E-state index contributed by atoms with van der Waals surface area (Å²) in [7, 11) is -0.503. The Balaban J connectivity index is 2.58. The van der Waals surface area contributed by atoms with Gasteiger partial charge in [0.2, 0.25) is 0 Å². The molecule has 0 aliphatic heterocycles. The van der Waals surface area contributed by atoms with Gasteiger partial charge in [-0.1, -0.05) is 94.5 Å². The largest absolute Gasteiger partial charge is 0.248 e. The Bertz CT molecular complexity index is 725. The highest BCUT2D eigenvalue weighted by Crippen LogP contribution is 2.49. The first-order chi connectivity index (χ1) is 13.5. The molecule has 0 N–H and O–H groups in total. The molecule has 3 heteroatoms. The Morgan fingerprint density at radius 3 is 1.14 bits per heavy atom. The van der Waals surface area contributed by atoms with Crippen molar-refractivity contribution in [3.63, 3.8) is 0 Å². The van der Waals surface area contributed by atoms with E-state index in [0.29, 0.717) is 22.6 Å². The molecule has 0 aliphatic rings. The fraction of sp³-hybridized carbons (Fsp3) is 0.538. The molecule has 159 valence electrons. The van der Waals surface area contributed by atoms with Gasteiger partial charge in [-0.05, 0) is 60.7 Å². The Labute approximate surface area is 182 Å². The predicted molar refractivity (Wildman–Crippen MR) is 137 cm³/mol. The molecule has 0 unspecified atom stereocenters. The van der Waals surface area contributed by atoms with E-state index in [1.165, 1.54) is 33.1 Å². The summed E-state index contributed by atoms with van der Waals surface area (Å²) in [5, 5.41) is 8.26. The van der Waals surface area contributed by atoms with Crippen LogP contribution in [0.3, 0.4) is 0 Å². The summed E-state index contributed by atoms with van der Waals surface area (Å²) in [4.78, 5) is 0. The highest BCUT2D eigenvalue weighted by Gasteiger charge is 2.25. The molecular formula is C26H40NP2. The molecule has 0 saturated heterocycles. The SMILES string of the molecule is Cc1ccc([N]c2ccc(C)cc2P(C(C)C)C(C)C)c(P(C(C)C)C(C)C)c1. The maximum Gasteiger partial charge on any atom is 0.0714 e. The van der Waals surface area contributed by atoms with E-state index in [0.717, 1.165) is 0 Å². The van der Waals surface area contributed by atoms with Crippen LogP contribution >= 0.6 is 15.8 Å². The average molecular weight is 429 g/mol. The highest BCUT2D eigenvalue weighted by atomic mass is 31.1. The molecule has 2 aromatic carbocycles. The van der Waals surface area contributed by atoms with Gasteiger partial charge in [-0.3, -0.25) is 0 Å². The first-order valence-electron chi connectivity index (χ1n) is 11.0. The lowest BCUT2D eigenvalue weighted by molar-refractivity contribution is 1.02. The minimum atomic E-state index is -0.251. The maximum absolute atomic E-state index is 5.33. The van der Waals surface area contributed by atoms with E-state index in [4.69, 9.17) is 5.32 Å². The van der Waals surface area contributed by atoms with Crippen LogP contribution in [0.1, 0.15) is 66.5 Å². The van der Waals surface area contributed by atoms with Crippen molar-refractivity contribution in [1.29, 1.82) is 0 Å². The Hall–Kier alpha value is -0.900. The van der Waals surface area contributed by atoms with Crippen LogP contribution in [0.5, 0.6) is 0 Å². The van der Waals surface area contributed by atoms with Crippen LogP contribution in [0.15, 0.2) is 36.4 Å². The molecule has 0 spiro atoms. The Morgan fingerprint density at radius 1 is 0.552 bits per heavy atom. The van der Waals surface area contributed by atoms with E-state index in [2.05, 4.69) is 106 Å². The maximum atomic E-state index is 5.33. The average Bonchev–Trinajstić information content (AvgIpc) is 2.58. The summed E-state index contributed by atoms with van der Waals surface area (Å²) in [5.41, 5.74) is 7.65. The highest BCUT2D eigenvalue weighted by molar-refractivity contribution is 7.67. The zero-order chi connectivity index (χ0) is 21.9. The number of nitrogens with zero attached hydrogens (tertiary/aromatic N) is 1. The van der Waals surface area contributed by atoms with Crippen LogP contribution in [-0.2, 0) is 0 Å². The summed E-state index contributed by atoms with van der Waals surface area (Å²) in [6, 6.07) is 13.7. The molecule has 2 rings (SSSR count). The topological polar surface area (TPSA) is 14.1 Å². The number of hydrogen-bond acceptors (Lipinski definition) is 0. The van der Waals surface area contributed by atoms with Crippen LogP contribution in [0, 0.1) is 13.8 Å². The molecule has 0 aromatic heterocycles. The molecule has 1 radical (unpaired) electrons. The van der Waals surface area contributed by atoms with E-state index < -0.39 is 0 Å². The minimum absolute atomic E-state index is 0.251. The van der Waals surface area contributed by atoms with Gasteiger partial charge in [0.15, 0.2) is 0 Å². The fourth-order valence-corrected chi connectivity index (χ4v) is 10.4. The molecule has 1 nitrogen and oxygen atoms in total. The first kappa shape index (κ1) is 24.4. The van der Waals surface area contributed by atoms with E-state index in [9.17, 15) is 0 Å². The van der Waals surface area contributed by atoms with E-state index in [1.54, 1.807) is 0 Å². The molecule has 0 saturated carbocycles. The Morgan fingerprint density at radius 2 is 0.862 bits per heavy atom. The third kappa shape index (κ3) is 6.06. The summed E-state index contributed by atoms with van der Waals surface area (Å²) < 4.78 is 0. The second-order valence-electron chi connectivity index (χ2n) is 9.29. The smallest absolute Gasteiger partial charge is 0.0714 e. The van der Waals surface area contributed by atoms with Crippen molar-refractivity contribution in [1.82, 2.24) is 5.32 Å². The van der Waals surface area contributed by atoms with Gasteiger partial charge in [0.25, 0.3) is 0 Å². The van der Waals surface area contributed by atoms with Crippen molar-refractivity contribution >= 4 is 37.8 Å². The lowest BCUT2D eigenvalue weighted by Gasteiger charge is -2.30. The zero-order valence-corrected chi connectivity index (χ0v) is 21.9. The normalized spacial score (nSPS) is 12.3. The molecule has 0 heterocycles. The molecule has 0 bridgehead atoms. The lowest BCUT2D eigenvalue weighted by Crippen LogP contribution is -2.21. The van der Waals surface area contributed by atoms with Gasteiger partial charge in [0, 0.05) is 10.6 Å². The molecule has 29 heavy (non-hydrogen) atoms. The quantitative estimate of drug-likeness (QED) is 0.382.